The lowest BCUT2D eigenvalue weighted by molar-refractivity contribution is -0.123. The topological polar surface area (TPSA) is 55.1 Å². The van der Waals surface area contributed by atoms with Crippen molar-refractivity contribution in [3.63, 3.8) is 0 Å². The first-order valence-corrected chi connectivity index (χ1v) is 8.24. The number of hydrogen-bond acceptors (Lipinski definition) is 2. The van der Waals surface area contributed by atoms with Crippen LogP contribution in [0.5, 0.6) is 0 Å². The van der Waals surface area contributed by atoms with Gasteiger partial charge < -0.3 is 11.1 Å². The van der Waals surface area contributed by atoms with Crippen LogP contribution in [-0.2, 0) is 4.79 Å². The van der Waals surface area contributed by atoms with Gasteiger partial charge in [0.15, 0.2) is 0 Å². The Kier molecular flexibility index (Phi) is 5.64. The van der Waals surface area contributed by atoms with Gasteiger partial charge in [-0.15, -0.1) is 0 Å². The van der Waals surface area contributed by atoms with Crippen LogP contribution >= 0.6 is 34.8 Å². The van der Waals surface area contributed by atoms with Gasteiger partial charge in [0.25, 0.3) is 0 Å². The summed E-state index contributed by atoms with van der Waals surface area (Å²) >= 11 is 18.1. The molecular formula is C15H19Cl3N2O. The number of carbonyl (C=O) groups is 1. The summed E-state index contributed by atoms with van der Waals surface area (Å²) in [5.41, 5.74) is 6.92. The molecular weight excluding hydrogens is 331 g/mol. The van der Waals surface area contributed by atoms with Gasteiger partial charge in [0.05, 0.1) is 0 Å². The van der Waals surface area contributed by atoms with Gasteiger partial charge >= 0.3 is 0 Å². The van der Waals surface area contributed by atoms with Crippen LogP contribution in [0.2, 0.25) is 0 Å². The van der Waals surface area contributed by atoms with Crippen LogP contribution in [-0.4, -0.2) is 15.7 Å². The van der Waals surface area contributed by atoms with E-state index in [1.54, 1.807) is 24.3 Å². The third-order valence-electron chi connectivity index (χ3n) is 3.81. The van der Waals surface area contributed by atoms with Crippen molar-refractivity contribution in [1.82, 2.24) is 5.32 Å². The van der Waals surface area contributed by atoms with Gasteiger partial charge in [-0.2, -0.15) is 0 Å². The maximum atomic E-state index is 12.5. The van der Waals surface area contributed by atoms with E-state index in [1.165, 1.54) is 6.42 Å². The van der Waals surface area contributed by atoms with Crippen LogP contribution in [0.25, 0.3) is 0 Å². The molecule has 1 atom stereocenters. The van der Waals surface area contributed by atoms with Crippen LogP contribution in [0.4, 0.5) is 5.69 Å². The maximum absolute atomic E-state index is 12.5. The minimum Gasteiger partial charge on any atom is -0.399 e. The van der Waals surface area contributed by atoms with Crippen molar-refractivity contribution in [2.24, 2.45) is 0 Å². The van der Waals surface area contributed by atoms with Crippen molar-refractivity contribution in [2.45, 2.75) is 47.9 Å². The number of anilines is 1. The predicted octanol–water partition coefficient (Wildman–Crippen LogP) is 4.17. The molecule has 1 saturated carbocycles. The molecule has 1 aliphatic rings. The van der Waals surface area contributed by atoms with Gasteiger partial charge in [0, 0.05) is 11.7 Å². The Morgan fingerprint density at radius 2 is 1.71 bits per heavy atom. The molecule has 1 amide bonds. The summed E-state index contributed by atoms with van der Waals surface area (Å²) in [7, 11) is 0. The van der Waals surface area contributed by atoms with E-state index in [9.17, 15) is 4.79 Å². The molecule has 6 heteroatoms. The largest absolute Gasteiger partial charge is 0.399 e. The molecule has 1 fully saturated rings. The average Bonchev–Trinajstić information content (AvgIpc) is 2.41. The van der Waals surface area contributed by atoms with Gasteiger partial charge in [-0.25, -0.2) is 0 Å². The molecule has 0 saturated heterocycles. The molecule has 1 unspecified atom stereocenters. The van der Waals surface area contributed by atoms with Gasteiger partial charge in [0.2, 0.25) is 9.70 Å². The highest BCUT2D eigenvalue weighted by molar-refractivity contribution is 6.69. The number of benzene rings is 1. The van der Waals surface area contributed by atoms with Gasteiger partial charge in [-0.1, -0.05) is 66.2 Å². The second kappa shape index (κ2) is 7.08. The van der Waals surface area contributed by atoms with Crippen LogP contribution < -0.4 is 11.1 Å². The van der Waals surface area contributed by atoms with E-state index in [-0.39, 0.29) is 11.9 Å². The average molecular weight is 350 g/mol. The Hall–Kier alpha value is -0.640. The molecule has 0 radical (unpaired) electrons. The van der Waals surface area contributed by atoms with Crippen LogP contribution in [0, 0.1) is 0 Å². The predicted molar refractivity (Wildman–Crippen MR) is 88.9 cm³/mol. The summed E-state index contributed by atoms with van der Waals surface area (Å²) < 4.78 is -1.70. The first kappa shape index (κ1) is 16.7. The molecule has 1 aromatic carbocycles. The number of hydrogen-bond donors (Lipinski definition) is 2. The number of carbonyl (C=O) groups excluding carboxylic acids is 1. The standard InChI is InChI=1S/C15H19Cl3N2O/c16-15(17,18)13(10-6-8-11(19)9-7-10)14(21)20-12-4-2-1-3-5-12/h6-9,12-13H,1-5,19H2,(H,20,21). The smallest absolute Gasteiger partial charge is 0.232 e. The Morgan fingerprint density at radius 1 is 1.14 bits per heavy atom. The number of nitrogen functional groups attached to an aromatic ring is 1. The number of rotatable bonds is 3. The van der Waals surface area contributed by atoms with E-state index in [0.29, 0.717) is 11.3 Å². The first-order valence-electron chi connectivity index (χ1n) is 7.10. The zero-order valence-electron chi connectivity index (χ0n) is 11.6. The molecule has 0 aliphatic heterocycles. The molecule has 0 spiro atoms. The number of alkyl halides is 3. The molecule has 3 N–H and O–H groups in total. The monoisotopic (exact) mass is 348 g/mol. The van der Waals surface area contributed by atoms with Crippen molar-refractivity contribution in [2.75, 3.05) is 5.73 Å². The minimum absolute atomic E-state index is 0.176. The Morgan fingerprint density at radius 3 is 2.24 bits per heavy atom. The van der Waals surface area contributed by atoms with E-state index >= 15 is 0 Å². The second-order valence-corrected chi connectivity index (χ2v) is 7.85. The van der Waals surface area contributed by atoms with E-state index in [1.807, 2.05) is 0 Å². The molecule has 1 aliphatic carbocycles. The van der Waals surface area contributed by atoms with Crippen LogP contribution in [0.15, 0.2) is 24.3 Å². The fourth-order valence-electron chi connectivity index (χ4n) is 2.71. The molecule has 0 heterocycles. The van der Waals surface area contributed by atoms with E-state index < -0.39 is 9.71 Å². The zero-order chi connectivity index (χ0) is 15.5. The lowest BCUT2D eigenvalue weighted by atomic mass is 9.93. The Labute approximate surface area is 140 Å². The zero-order valence-corrected chi connectivity index (χ0v) is 13.9. The van der Waals surface area contributed by atoms with E-state index in [4.69, 9.17) is 40.5 Å². The lowest BCUT2D eigenvalue weighted by Gasteiger charge is -2.28. The maximum Gasteiger partial charge on any atom is 0.232 e. The third kappa shape index (κ3) is 4.67. The summed E-state index contributed by atoms with van der Waals surface area (Å²) in [6.45, 7) is 0. The van der Waals surface area contributed by atoms with Crippen molar-refractivity contribution in [3.8, 4) is 0 Å². The van der Waals surface area contributed by atoms with E-state index in [0.717, 1.165) is 25.7 Å². The molecule has 21 heavy (non-hydrogen) atoms. The van der Waals surface area contributed by atoms with Crippen LogP contribution in [0.1, 0.15) is 43.6 Å². The lowest BCUT2D eigenvalue weighted by Crippen LogP contribution is -2.42. The molecule has 116 valence electrons. The second-order valence-electron chi connectivity index (χ2n) is 5.48. The van der Waals surface area contributed by atoms with Crippen molar-refractivity contribution in [3.05, 3.63) is 29.8 Å². The van der Waals surface area contributed by atoms with Crippen molar-refractivity contribution < 1.29 is 4.79 Å². The molecule has 2 rings (SSSR count). The fourth-order valence-corrected chi connectivity index (χ4v) is 3.38. The molecule has 1 aromatic rings. The third-order valence-corrected chi connectivity index (χ3v) is 4.47. The Bertz CT molecular complexity index is 479. The summed E-state index contributed by atoms with van der Waals surface area (Å²) in [6, 6.07) is 7.03. The SMILES string of the molecule is Nc1ccc(C(C(=O)NC2CCCCC2)C(Cl)(Cl)Cl)cc1. The molecule has 3 nitrogen and oxygen atoms in total. The first-order chi connectivity index (χ1) is 9.88. The summed E-state index contributed by atoms with van der Waals surface area (Å²) in [5.74, 6) is -1.09. The summed E-state index contributed by atoms with van der Waals surface area (Å²) in [4.78, 5) is 12.5. The number of halogens is 3. The molecule has 0 aromatic heterocycles. The Balaban J connectivity index is 2.15. The van der Waals surface area contributed by atoms with E-state index in [2.05, 4.69) is 5.32 Å². The highest BCUT2D eigenvalue weighted by Crippen LogP contribution is 2.42. The fraction of sp³-hybridized carbons (Fsp3) is 0.533. The van der Waals surface area contributed by atoms with Crippen LogP contribution in [0.3, 0.4) is 0 Å². The normalized spacial score (nSPS) is 18.2. The summed E-state index contributed by atoms with van der Waals surface area (Å²) in [6.07, 6.45) is 5.45. The summed E-state index contributed by atoms with van der Waals surface area (Å²) in [5, 5.41) is 3.02. The number of nitrogens with one attached hydrogen (secondary N) is 1. The van der Waals surface area contributed by atoms with Gasteiger partial charge in [-0.05, 0) is 30.5 Å². The minimum atomic E-state index is -1.70. The van der Waals surface area contributed by atoms with Crippen molar-refractivity contribution in [1.29, 1.82) is 0 Å². The van der Waals surface area contributed by atoms with Crippen molar-refractivity contribution >= 4 is 46.4 Å². The quantitative estimate of drug-likeness (QED) is 0.635. The highest BCUT2D eigenvalue weighted by Gasteiger charge is 2.40. The highest BCUT2D eigenvalue weighted by atomic mass is 35.6. The number of amides is 1. The van der Waals surface area contributed by atoms with Gasteiger partial charge in [0.1, 0.15) is 5.92 Å². The molecule has 0 bridgehead atoms. The van der Waals surface area contributed by atoms with Gasteiger partial charge in [-0.3, -0.25) is 4.79 Å². The number of nitrogens with two attached hydrogens (primary N) is 1.